The van der Waals surface area contributed by atoms with Crippen molar-refractivity contribution in [1.29, 1.82) is 0 Å². The monoisotopic (exact) mass is 623 g/mol. The van der Waals surface area contributed by atoms with E-state index < -0.39 is 31.6 Å². The highest BCUT2D eigenvalue weighted by Crippen LogP contribution is 2.39. The molecule has 0 aromatic heterocycles. The van der Waals surface area contributed by atoms with E-state index >= 15 is 0 Å². The predicted octanol–water partition coefficient (Wildman–Crippen LogP) is 2.39. The first kappa shape index (κ1) is 30.9. The van der Waals surface area contributed by atoms with Crippen LogP contribution in [-0.4, -0.2) is 96.2 Å². The fraction of sp³-hybridized carbons (Fsp3) is 0.517. The number of rotatable bonds is 10. The van der Waals surface area contributed by atoms with Crippen molar-refractivity contribution in [1.82, 2.24) is 9.62 Å². The topological polar surface area (TPSA) is 125 Å². The van der Waals surface area contributed by atoms with E-state index in [-0.39, 0.29) is 41.4 Å². The molecule has 0 aliphatic carbocycles. The molecular formula is C29H38FN3O7S2. The average molecular weight is 624 g/mol. The molecule has 5 rings (SSSR count). The Morgan fingerprint density at radius 1 is 1.17 bits per heavy atom. The summed E-state index contributed by atoms with van der Waals surface area (Å²) in [5.74, 6) is 0.00698. The number of halogens is 1. The lowest BCUT2D eigenvalue weighted by molar-refractivity contribution is -0.0311. The number of ether oxygens (including phenoxy) is 2. The van der Waals surface area contributed by atoms with Gasteiger partial charge in [0.1, 0.15) is 24.3 Å². The highest BCUT2D eigenvalue weighted by atomic mass is 32.2. The number of sulfone groups is 1. The number of nitrogens with one attached hydrogen (secondary N) is 1. The van der Waals surface area contributed by atoms with Crippen LogP contribution < -0.4 is 15.0 Å². The van der Waals surface area contributed by atoms with Crippen molar-refractivity contribution in [3.63, 3.8) is 0 Å². The number of aliphatic hydroxyl groups excluding tert-OH is 1. The first-order valence-electron chi connectivity index (χ1n) is 14.1. The summed E-state index contributed by atoms with van der Waals surface area (Å²) in [7, 11) is -7.08. The van der Waals surface area contributed by atoms with Crippen molar-refractivity contribution in [2.75, 3.05) is 57.1 Å². The first-order valence-corrected chi connectivity index (χ1v) is 17.5. The molecule has 0 saturated carbocycles. The van der Waals surface area contributed by atoms with Crippen molar-refractivity contribution in [2.24, 2.45) is 0 Å². The largest absolute Gasteiger partial charge is 0.491 e. The van der Waals surface area contributed by atoms with Crippen LogP contribution in [0.3, 0.4) is 0 Å². The number of anilines is 1. The highest BCUT2D eigenvalue weighted by Gasteiger charge is 2.45. The molecule has 10 nitrogen and oxygen atoms in total. The second-order valence-electron chi connectivity index (χ2n) is 11.2. The molecule has 2 atom stereocenters. The van der Waals surface area contributed by atoms with Gasteiger partial charge in [0.2, 0.25) is 10.0 Å². The smallest absolute Gasteiger partial charge is 0.241 e. The fourth-order valence-corrected chi connectivity index (χ4v) is 8.11. The molecule has 2 saturated heterocycles. The van der Waals surface area contributed by atoms with Crippen LogP contribution in [0.2, 0.25) is 0 Å². The van der Waals surface area contributed by atoms with Gasteiger partial charge < -0.3 is 24.8 Å². The molecule has 3 aliphatic rings. The molecule has 3 aliphatic heterocycles. The molecule has 42 heavy (non-hydrogen) atoms. The van der Waals surface area contributed by atoms with Gasteiger partial charge in [0.25, 0.3) is 0 Å². The summed E-state index contributed by atoms with van der Waals surface area (Å²) in [6.45, 7) is 3.87. The zero-order valence-electron chi connectivity index (χ0n) is 23.8. The summed E-state index contributed by atoms with van der Waals surface area (Å²) in [5, 5.41) is 13.7. The Morgan fingerprint density at radius 2 is 1.90 bits per heavy atom. The normalized spacial score (nSPS) is 21.7. The van der Waals surface area contributed by atoms with Crippen LogP contribution in [-0.2, 0) is 24.6 Å². The Bertz CT molecular complexity index is 1540. The number of hydrogen-bond donors (Lipinski definition) is 2. The molecule has 1 spiro atoms. The molecular weight excluding hydrogens is 585 g/mol. The third-order valence-electron chi connectivity index (χ3n) is 8.21. The van der Waals surface area contributed by atoms with Gasteiger partial charge in [-0.3, -0.25) is 0 Å². The summed E-state index contributed by atoms with van der Waals surface area (Å²) < 4.78 is 78.4. The van der Waals surface area contributed by atoms with Gasteiger partial charge in [-0.15, -0.1) is 0 Å². The van der Waals surface area contributed by atoms with Gasteiger partial charge in [0.15, 0.2) is 9.84 Å². The number of para-hydroxylation sites is 1. The van der Waals surface area contributed by atoms with Crippen LogP contribution in [0.25, 0.3) is 6.08 Å². The Hall–Kier alpha value is -2.55. The zero-order chi connectivity index (χ0) is 30.1. The van der Waals surface area contributed by atoms with Crippen LogP contribution in [0.5, 0.6) is 5.75 Å². The molecule has 2 aromatic rings. The van der Waals surface area contributed by atoms with Crippen LogP contribution in [0.4, 0.5) is 10.1 Å². The minimum absolute atomic E-state index is 0.00179. The van der Waals surface area contributed by atoms with Gasteiger partial charge >= 0.3 is 0 Å². The van der Waals surface area contributed by atoms with Crippen molar-refractivity contribution < 1.29 is 35.8 Å². The van der Waals surface area contributed by atoms with Gasteiger partial charge in [-0.2, -0.15) is 4.31 Å². The second kappa shape index (κ2) is 12.2. The summed E-state index contributed by atoms with van der Waals surface area (Å²) >= 11 is 0. The molecule has 0 unspecified atom stereocenters. The number of nitrogens with zero attached hydrogens (tertiary/aromatic N) is 2. The van der Waals surface area contributed by atoms with E-state index in [1.807, 2.05) is 6.92 Å². The van der Waals surface area contributed by atoms with E-state index in [4.69, 9.17) is 9.47 Å². The fourth-order valence-electron chi connectivity index (χ4n) is 5.87. The number of fused-ring (bicyclic) bond motifs is 1. The van der Waals surface area contributed by atoms with Gasteiger partial charge in [-0.1, -0.05) is 18.2 Å². The summed E-state index contributed by atoms with van der Waals surface area (Å²) in [6, 6.07) is 10.9. The summed E-state index contributed by atoms with van der Waals surface area (Å²) in [4.78, 5) is 2.18. The number of sulfonamides is 1. The van der Waals surface area contributed by atoms with Gasteiger partial charge in [0, 0.05) is 44.0 Å². The number of benzene rings is 2. The van der Waals surface area contributed by atoms with E-state index in [0.29, 0.717) is 62.5 Å². The van der Waals surface area contributed by atoms with Crippen molar-refractivity contribution in [3.05, 3.63) is 58.8 Å². The lowest BCUT2D eigenvalue weighted by atomic mass is 9.88. The third kappa shape index (κ3) is 6.66. The molecule has 0 bridgehead atoms. The maximum atomic E-state index is 14.5. The second-order valence-corrected chi connectivity index (χ2v) is 15.2. The molecule has 230 valence electrons. The SMILES string of the molecule is CCN1CC(S(=O)(=O)N2CCC3(CC2)C[C@@H](NC[C@H](O)COc2cccc(S(C)(=O)=O)c2)CO3)=Cc2cccc(F)c21. The zero-order valence-corrected chi connectivity index (χ0v) is 25.5. The van der Waals surface area contributed by atoms with E-state index in [0.717, 1.165) is 6.26 Å². The minimum atomic E-state index is -3.73. The Morgan fingerprint density at radius 3 is 2.62 bits per heavy atom. The Kier molecular flexibility index (Phi) is 8.98. The van der Waals surface area contributed by atoms with Crippen LogP contribution in [0, 0.1) is 5.82 Å². The van der Waals surface area contributed by atoms with E-state index in [9.17, 15) is 26.3 Å². The van der Waals surface area contributed by atoms with Gasteiger partial charge in [-0.05, 0) is 56.5 Å². The molecule has 2 N–H and O–H groups in total. The van der Waals surface area contributed by atoms with Crippen LogP contribution in [0.1, 0.15) is 31.7 Å². The molecule has 13 heteroatoms. The Balaban J connectivity index is 1.12. The van der Waals surface area contributed by atoms with E-state index in [1.165, 1.54) is 22.5 Å². The first-order chi connectivity index (χ1) is 19.9. The average Bonchev–Trinajstić information content (AvgIpc) is 3.36. The lowest BCUT2D eigenvalue weighted by Crippen LogP contribution is -2.48. The van der Waals surface area contributed by atoms with E-state index in [1.54, 1.807) is 35.2 Å². The number of hydrogen-bond acceptors (Lipinski definition) is 9. The van der Waals surface area contributed by atoms with Crippen molar-refractivity contribution in [2.45, 2.75) is 48.8 Å². The van der Waals surface area contributed by atoms with Gasteiger partial charge in [-0.25, -0.2) is 21.2 Å². The molecule has 3 heterocycles. The summed E-state index contributed by atoms with van der Waals surface area (Å²) in [6.07, 6.45) is 3.71. The standard InChI is InChI=1S/C29H38FN3O7S2/c1-3-32-18-26(14-21-6-4-9-27(30)28(21)32)42(37,38)33-12-10-29(11-13-33)16-22(19-40-29)31-17-23(34)20-39-24-7-5-8-25(15-24)41(2,35)36/h4-9,14-15,22-23,31,34H,3,10-13,16-20H2,1-2H3/t22-,23+/m1/s1. The van der Waals surface area contributed by atoms with Crippen LogP contribution in [0.15, 0.2) is 52.3 Å². The molecule has 0 radical (unpaired) electrons. The lowest BCUT2D eigenvalue weighted by Gasteiger charge is -2.39. The summed E-state index contributed by atoms with van der Waals surface area (Å²) in [5.41, 5.74) is 0.578. The van der Waals surface area contributed by atoms with Crippen molar-refractivity contribution >= 4 is 31.6 Å². The third-order valence-corrected chi connectivity index (χ3v) is 11.3. The Labute approximate surface area is 247 Å². The predicted molar refractivity (Wildman–Crippen MR) is 158 cm³/mol. The van der Waals surface area contributed by atoms with Gasteiger partial charge in [0.05, 0.1) is 34.2 Å². The molecule has 2 aromatic carbocycles. The molecule has 0 amide bonds. The maximum absolute atomic E-state index is 14.5. The van der Waals surface area contributed by atoms with Crippen molar-refractivity contribution in [3.8, 4) is 5.75 Å². The number of aliphatic hydroxyl groups is 1. The number of likely N-dealkylation sites (N-methyl/N-ethyl adjacent to an activating group) is 1. The quantitative estimate of drug-likeness (QED) is 0.411. The molecule has 2 fully saturated rings. The maximum Gasteiger partial charge on any atom is 0.241 e. The van der Waals surface area contributed by atoms with Crippen LogP contribution >= 0.6 is 0 Å². The minimum Gasteiger partial charge on any atom is -0.491 e. The highest BCUT2D eigenvalue weighted by molar-refractivity contribution is 7.93. The number of piperidine rings is 1. The van der Waals surface area contributed by atoms with E-state index in [2.05, 4.69) is 5.32 Å².